The quantitative estimate of drug-likeness (QED) is 0.384. The van der Waals surface area contributed by atoms with Gasteiger partial charge in [0.15, 0.2) is 15.0 Å². The first-order valence-corrected chi connectivity index (χ1v) is 12.3. The molecule has 4 aromatic rings. The van der Waals surface area contributed by atoms with Gasteiger partial charge < -0.3 is 4.74 Å². The number of ether oxygens (including phenoxy) is 1. The van der Waals surface area contributed by atoms with Crippen LogP contribution >= 0.6 is 22.9 Å². The number of thiazole rings is 1. The van der Waals surface area contributed by atoms with E-state index in [1.807, 2.05) is 12.1 Å². The molecule has 0 saturated heterocycles. The van der Waals surface area contributed by atoms with E-state index in [1.54, 1.807) is 37.6 Å². The minimum absolute atomic E-state index is 0.0269. The second-order valence-electron chi connectivity index (χ2n) is 6.82. The van der Waals surface area contributed by atoms with Gasteiger partial charge in [0.25, 0.3) is 0 Å². The Balaban J connectivity index is 1.71. The molecule has 0 unspecified atom stereocenters. The van der Waals surface area contributed by atoms with Crippen LogP contribution in [0.25, 0.3) is 10.2 Å². The number of para-hydroxylation sites is 1. The molecule has 0 spiro atoms. The van der Waals surface area contributed by atoms with Gasteiger partial charge >= 0.3 is 0 Å². The van der Waals surface area contributed by atoms with Crippen LogP contribution < -0.4 is 9.64 Å². The monoisotopic (exact) mass is 487 g/mol. The first-order valence-electron chi connectivity index (χ1n) is 9.49. The minimum Gasteiger partial charge on any atom is -0.494 e. The summed E-state index contributed by atoms with van der Waals surface area (Å²) in [6.07, 6.45) is 1.61. The Morgan fingerprint density at radius 3 is 2.56 bits per heavy atom. The van der Waals surface area contributed by atoms with E-state index < -0.39 is 21.5 Å². The molecule has 164 valence electrons. The van der Waals surface area contributed by atoms with Gasteiger partial charge in [0.05, 0.1) is 28.9 Å². The zero-order valence-corrected chi connectivity index (χ0v) is 19.3. The fourth-order valence-corrected chi connectivity index (χ4v) is 5.40. The Bertz CT molecular complexity index is 1360. The number of hydrogen-bond acceptors (Lipinski definition) is 7. The van der Waals surface area contributed by atoms with Gasteiger partial charge in [0.2, 0.25) is 5.91 Å². The topological polar surface area (TPSA) is 89.5 Å². The molecule has 2 aromatic carbocycles. The highest BCUT2D eigenvalue weighted by atomic mass is 35.5. The van der Waals surface area contributed by atoms with Crippen LogP contribution in [0.15, 0.2) is 71.8 Å². The molecule has 2 heterocycles. The van der Waals surface area contributed by atoms with Crippen molar-refractivity contribution in [2.24, 2.45) is 0 Å². The molecular weight excluding hydrogens is 470 g/mol. The lowest BCUT2D eigenvalue weighted by atomic mass is 10.3. The summed E-state index contributed by atoms with van der Waals surface area (Å²) in [5.41, 5.74) is 1.21. The van der Waals surface area contributed by atoms with E-state index in [1.165, 1.54) is 40.5 Å². The van der Waals surface area contributed by atoms with Gasteiger partial charge in [-0.05, 0) is 48.5 Å². The number of aromatic nitrogens is 2. The number of nitrogens with zero attached hydrogens (tertiary/aromatic N) is 3. The van der Waals surface area contributed by atoms with E-state index in [0.717, 1.165) is 4.70 Å². The highest BCUT2D eigenvalue weighted by Crippen LogP contribution is 2.34. The van der Waals surface area contributed by atoms with E-state index in [-0.39, 0.29) is 11.4 Å². The lowest BCUT2D eigenvalue weighted by Gasteiger charge is -2.19. The van der Waals surface area contributed by atoms with Crippen molar-refractivity contribution in [3.8, 4) is 5.75 Å². The molecular formula is C22H18ClN3O4S2. The molecule has 0 aliphatic rings. The van der Waals surface area contributed by atoms with Gasteiger partial charge in [-0.1, -0.05) is 35.1 Å². The van der Waals surface area contributed by atoms with Crippen LogP contribution in [0, 0.1) is 0 Å². The molecule has 0 radical (unpaired) electrons. The predicted octanol–water partition coefficient (Wildman–Crippen LogP) is 4.36. The maximum atomic E-state index is 13.3. The number of halogens is 1. The number of methoxy groups -OCH3 is 1. The molecule has 0 atom stereocenters. The third kappa shape index (κ3) is 4.74. The molecule has 0 fully saturated rings. The number of amides is 1. The normalized spacial score (nSPS) is 11.4. The van der Waals surface area contributed by atoms with Crippen molar-refractivity contribution in [2.75, 3.05) is 17.8 Å². The largest absolute Gasteiger partial charge is 0.494 e. The molecule has 10 heteroatoms. The molecule has 2 aromatic heterocycles. The average molecular weight is 488 g/mol. The summed E-state index contributed by atoms with van der Waals surface area (Å²) in [7, 11) is -2.34. The molecule has 7 nitrogen and oxygen atoms in total. The maximum Gasteiger partial charge on any atom is 0.244 e. The van der Waals surface area contributed by atoms with Crippen LogP contribution in [0.3, 0.4) is 0 Å². The van der Waals surface area contributed by atoms with Gasteiger partial charge in [-0.25, -0.2) is 13.4 Å². The number of fused-ring (bicyclic) bond motifs is 1. The Hall–Kier alpha value is -3.01. The van der Waals surface area contributed by atoms with Crippen molar-refractivity contribution in [1.82, 2.24) is 9.97 Å². The molecule has 1 amide bonds. The van der Waals surface area contributed by atoms with Crippen molar-refractivity contribution in [2.45, 2.75) is 11.4 Å². The van der Waals surface area contributed by atoms with Gasteiger partial charge in [-0.2, -0.15) is 0 Å². The number of hydrogen-bond donors (Lipinski definition) is 0. The zero-order valence-electron chi connectivity index (χ0n) is 16.9. The van der Waals surface area contributed by atoms with Crippen LogP contribution in [-0.2, 0) is 21.2 Å². The van der Waals surface area contributed by atoms with E-state index in [4.69, 9.17) is 16.3 Å². The van der Waals surface area contributed by atoms with Crippen molar-refractivity contribution in [3.63, 3.8) is 0 Å². The van der Waals surface area contributed by atoms with Gasteiger partial charge in [0, 0.05) is 11.2 Å². The lowest BCUT2D eigenvalue weighted by molar-refractivity contribution is -0.116. The van der Waals surface area contributed by atoms with E-state index in [0.29, 0.717) is 27.1 Å². The standard InChI is InChI=1S/C22H18ClN3O4S2/c1-30-18-6-4-7-19-21(18)25-22(31-19)26(13-16-5-2-3-12-24-16)20(27)14-32(28,29)17-10-8-15(23)9-11-17/h2-12H,13-14H2,1H3. The number of carbonyl (C=O) groups is 1. The van der Waals surface area contributed by atoms with Crippen molar-refractivity contribution in [1.29, 1.82) is 0 Å². The Kier molecular flexibility index (Phi) is 6.40. The summed E-state index contributed by atoms with van der Waals surface area (Å²) in [4.78, 5) is 23.5. The van der Waals surface area contributed by atoms with Gasteiger partial charge in [-0.15, -0.1) is 0 Å². The lowest BCUT2D eigenvalue weighted by Crippen LogP contribution is -2.35. The minimum atomic E-state index is -3.88. The number of pyridine rings is 1. The molecule has 0 bridgehead atoms. The Labute approximate surface area is 194 Å². The summed E-state index contributed by atoms with van der Waals surface area (Å²) in [5, 5.41) is 0.780. The third-order valence-corrected chi connectivity index (χ3v) is 7.57. The predicted molar refractivity (Wildman–Crippen MR) is 125 cm³/mol. The average Bonchev–Trinajstić information content (AvgIpc) is 3.22. The summed E-state index contributed by atoms with van der Waals surface area (Å²) >= 11 is 7.14. The van der Waals surface area contributed by atoms with Gasteiger partial charge in [0.1, 0.15) is 17.0 Å². The van der Waals surface area contributed by atoms with Crippen LogP contribution in [0.2, 0.25) is 5.02 Å². The summed E-state index contributed by atoms with van der Waals surface area (Å²) < 4.78 is 31.9. The van der Waals surface area contributed by atoms with E-state index >= 15 is 0 Å². The highest BCUT2D eigenvalue weighted by Gasteiger charge is 2.27. The molecule has 0 N–H and O–H groups in total. The van der Waals surface area contributed by atoms with Crippen LogP contribution in [-0.4, -0.2) is 37.2 Å². The molecule has 4 rings (SSSR count). The molecule has 0 aliphatic carbocycles. The summed E-state index contributed by atoms with van der Waals surface area (Å²) in [6.45, 7) is 0.0813. The SMILES string of the molecule is COc1cccc2sc(N(Cc3ccccn3)C(=O)CS(=O)(=O)c3ccc(Cl)cc3)nc12. The third-order valence-electron chi connectivity index (χ3n) is 4.66. The van der Waals surface area contributed by atoms with E-state index in [2.05, 4.69) is 9.97 Å². The van der Waals surface area contributed by atoms with Crippen LogP contribution in [0.4, 0.5) is 5.13 Å². The number of anilines is 1. The Morgan fingerprint density at radius 2 is 1.88 bits per heavy atom. The van der Waals surface area contributed by atoms with Crippen LogP contribution in [0.1, 0.15) is 5.69 Å². The van der Waals surface area contributed by atoms with Crippen molar-refractivity contribution < 1.29 is 17.9 Å². The van der Waals surface area contributed by atoms with Crippen molar-refractivity contribution >= 4 is 54.0 Å². The zero-order chi connectivity index (χ0) is 22.7. The summed E-state index contributed by atoms with van der Waals surface area (Å²) in [5.74, 6) is -0.748. The second-order valence-corrected chi connectivity index (χ2v) is 10.3. The smallest absolute Gasteiger partial charge is 0.244 e. The van der Waals surface area contributed by atoms with E-state index in [9.17, 15) is 13.2 Å². The van der Waals surface area contributed by atoms with Crippen LogP contribution in [0.5, 0.6) is 5.75 Å². The molecule has 0 aliphatic heterocycles. The second kappa shape index (κ2) is 9.23. The number of benzene rings is 2. The first-order chi connectivity index (χ1) is 15.4. The van der Waals surface area contributed by atoms with Gasteiger partial charge in [-0.3, -0.25) is 14.7 Å². The highest BCUT2D eigenvalue weighted by molar-refractivity contribution is 7.92. The fraction of sp³-hybridized carbons (Fsp3) is 0.136. The Morgan fingerprint density at radius 1 is 1.09 bits per heavy atom. The number of carbonyl (C=O) groups excluding carboxylic acids is 1. The first kappa shape index (κ1) is 22.2. The molecule has 32 heavy (non-hydrogen) atoms. The summed E-state index contributed by atoms with van der Waals surface area (Å²) in [6, 6.07) is 16.5. The molecule has 0 saturated carbocycles. The van der Waals surface area contributed by atoms with Crippen molar-refractivity contribution in [3.05, 3.63) is 77.6 Å². The fourth-order valence-electron chi connectivity index (χ4n) is 3.07. The maximum absolute atomic E-state index is 13.3. The number of rotatable bonds is 7. The number of sulfone groups is 1.